The minimum atomic E-state index is -0.314. The van der Waals surface area contributed by atoms with Gasteiger partial charge in [0.05, 0.1) is 0 Å². The van der Waals surface area contributed by atoms with Gasteiger partial charge in [0.25, 0.3) is 5.91 Å². The number of carbonyl (C=O) groups excluding carboxylic acids is 1. The SMILES string of the molecule is O=C(Nc1ccc(Br)cn1)c1cc2ccccc2o1. The van der Waals surface area contributed by atoms with Crippen LogP contribution in [0.2, 0.25) is 0 Å². The Balaban J connectivity index is 1.85. The summed E-state index contributed by atoms with van der Waals surface area (Å²) in [5, 5.41) is 3.58. The second-order valence-corrected chi connectivity index (χ2v) is 4.88. The third kappa shape index (κ3) is 2.51. The number of pyridine rings is 1. The third-order valence-corrected chi connectivity index (χ3v) is 3.09. The lowest BCUT2D eigenvalue weighted by atomic mass is 10.2. The first-order chi connectivity index (χ1) is 9.22. The molecular formula is C14H9BrN2O2. The Morgan fingerprint density at radius 2 is 2.05 bits per heavy atom. The Kier molecular flexibility index (Phi) is 3.05. The van der Waals surface area contributed by atoms with Crippen molar-refractivity contribution in [3.63, 3.8) is 0 Å². The molecule has 0 saturated heterocycles. The Bertz CT molecular complexity index is 702. The molecule has 2 heterocycles. The van der Waals surface area contributed by atoms with Gasteiger partial charge in [-0.15, -0.1) is 0 Å². The summed E-state index contributed by atoms with van der Waals surface area (Å²) in [7, 11) is 0. The van der Waals surface area contributed by atoms with E-state index in [1.165, 1.54) is 0 Å². The molecule has 0 aliphatic rings. The number of carbonyl (C=O) groups is 1. The largest absolute Gasteiger partial charge is 0.451 e. The molecule has 4 nitrogen and oxygen atoms in total. The van der Waals surface area contributed by atoms with Gasteiger partial charge in [0.2, 0.25) is 0 Å². The lowest BCUT2D eigenvalue weighted by Gasteiger charge is -2.01. The molecule has 94 valence electrons. The van der Waals surface area contributed by atoms with Crippen molar-refractivity contribution in [3.8, 4) is 0 Å². The zero-order valence-electron chi connectivity index (χ0n) is 9.76. The van der Waals surface area contributed by atoms with Crippen LogP contribution in [-0.4, -0.2) is 10.9 Å². The molecule has 0 radical (unpaired) electrons. The molecule has 0 aliphatic carbocycles. The van der Waals surface area contributed by atoms with Gasteiger partial charge in [-0.25, -0.2) is 4.98 Å². The summed E-state index contributed by atoms with van der Waals surface area (Å²) < 4.78 is 6.33. The number of amides is 1. The quantitative estimate of drug-likeness (QED) is 0.781. The molecule has 0 unspecified atom stereocenters. The molecule has 3 rings (SSSR count). The molecule has 1 aromatic carbocycles. The molecule has 0 bridgehead atoms. The van der Waals surface area contributed by atoms with Crippen LogP contribution in [0.1, 0.15) is 10.6 Å². The van der Waals surface area contributed by atoms with Gasteiger partial charge in [0, 0.05) is 16.1 Å². The Labute approximate surface area is 117 Å². The molecule has 19 heavy (non-hydrogen) atoms. The average molecular weight is 317 g/mol. The third-order valence-electron chi connectivity index (χ3n) is 2.62. The maximum atomic E-state index is 12.0. The van der Waals surface area contributed by atoms with E-state index in [1.54, 1.807) is 24.4 Å². The van der Waals surface area contributed by atoms with E-state index in [0.717, 1.165) is 9.86 Å². The van der Waals surface area contributed by atoms with Crippen molar-refractivity contribution in [1.82, 2.24) is 4.98 Å². The molecule has 1 amide bonds. The number of fused-ring (bicyclic) bond motifs is 1. The minimum Gasteiger partial charge on any atom is -0.451 e. The summed E-state index contributed by atoms with van der Waals surface area (Å²) in [5.41, 5.74) is 0.691. The van der Waals surface area contributed by atoms with Gasteiger partial charge >= 0.3 is 0 Å². The number of hydrogen-bond acceptors (Lipinski definition) is 3. The molecule has 0 aliphatic heterocycles. The van der Waals surface area contributed by atoms with E-state index in [1.807, 2.05) is 24.3 Å². The predicted molar refractivity (Wildman–Crippen MR) is 76.1 cm³/mol. The van der Waals surface area contributed by atoms with Crippen molar-refractivity contribution in [1.29, 1.82) is 0 Å². The number of furan rings is 1. The number of para-hydroxylation sites is 1. The number of benzene rings is 1. The summed E-state index contributed by atoms with van der Waals surface area (Å²) in [6.07, 6.45) is 1.62. The number of hydrogen-bond donors (Lipinski definition) is 1. The van der Waals surface area contributed by atoms with Crippen LogP contribution in [0.25, 0.3) is 11.0 Å². The van der Waals surface area contributed by atoms with Crippen molar-refractivity contribution in [3.05, 3.63) is 58.9 Å². The highest BCUT2D eigenvalue weighted by molar-refractivity contribution is 9.10. The van der Waals surface area contributed by atoms with Gasteiger partial charge in [-0.1, -0.05) is 18.2 Å². The van der Waals surface area contributed by atoms with E-state index in [9.17, 15) is 4.79 Å². The smallest absolute Gasteiger partial charge is 0.292 e. The number of nitrogens with zero attached hydrogens (tertiary/aromatic N) is 1. The fourth-order valence-electron chi connectivity index (χ4n) is 1.72. The molecule has 2 aromatic heterocycles. The number of halogens is 1. The van der Waals surface area contributed by atoms with Crippen LogP contribution in [0.4, 0.5) is 5.82 Å². The molecule has 0 fully saturated rings. The van der Waals surface area contributed by atoms with Gasteiger partial charge in [0.15, 0.2) is 5.76 Å². The van der Waals surface area contributed by atoms with Gasteiger partial charge in [0.1, 0.15) is 11.4 Å². The van der Waals surface area contributed by atoms with Gasteiger partial charge in [-0.3, -0.25) is 4.79 Å². The van der Waals surface area contributed by atoms with Gasteiger partial charge in [-0.2, -0.15) is 0 Å². The number of aromatic nitrogens is 1. The molecule has 3 aromatic rings. The van der Waals surface area contributed by atoms with Crippen LogP contribution < -0.4 is 5.32 Å². The van der Waals surface area contributed by atoms with E-state index in [4.69, 9.17) is 4.42 Å². The lowest BCUT2D eigenvalue weighted by Crippen LogP contribution is -2.11. The first-order valence-electron chi connectivity index (χ1n) is 5.64. The first kappa shape index (κ1) is 11.9. The lowest BCUT2D eigenvalue weighted by molar-refractivity contribution is 0.0998. The van der Waals surface area contributed by atoms with Crippen molar-refractivity contribution in [2.45, 2.75) is 0 Å². The normalized spacial score (nSPS) is 10.6. The van der Waals surface area contributed by atoms with Crippen LogP contribution in [0.15, 0.2) is 57.6 Å². The molecule has 1 N–H and O–H groups in total. The van der Waals surface area contributed by atoms with Crippen molar-refractivity contribution < 1.29 is 9.21 Å². The Morgan fingerprint density at radius 3 is 2.79 bits per heavy atom. The predicted octanol–water partition coefficient (Wildman–Crippen LogP) is 3.84. The second-order valence-electron chi connectivity index (χ2n) is 3.96. The monoisotopic (exact) mass is 316 g/mol. The second kappa shape index (κ2) is 4.85. The van der Waals surface area contributed by atoms with Crippen LogP contribution >= 0.6 is 15.9 Å². The fourth-order valence-corrected chi connectivity index (χ4v) is 1.96. The maximum absolute atomic E-state index is 12.0. The highest BCUT2D eigenvalue weighted by Gasteiger charge is 2.12. The summed E-state index contributed by atoms with van der Waals surface area (Å²) in [6, 6.07) is 12.7. The van der Waals surface area contributed by atoms with Crippen LogP contribution in [-0.2, 0) is 0 Å². The summed E-state index contributed by atoms with van der Waals surface area (Å²) in [4.78, 5) is 16.1. The number of rotatable bonds is 2. The average Bonchev–Trinajstić information content (AvgIpc) is 2.85. The van der Waals surface area contributed by atoms with Crippen LogP contribution in [0, 0.1) is 0 Å². The molecule has 0 saturated carbocycles. The van der Waals surface area contributed by atoms with E-state index in [0.29, 0.717) is 11.4 Å². The first-order valence-corrected chi connectivity index (χ1v) is 6.43. The number of anilines is 1. The number of nitrogens with one attached hydrogen (secondary N) is 1. The molecule has 0 spiro atoms. The van der Waals surface area contributed by atoms with Crippen molar-refractivity contribution in [2.75, 3.05) is 5.32 Å². The highest BCUT2D eigenvalue weighted by Crippen LogP contribution is 2.19. The minimum absolute atomic E-state index is 0.269. The maximum Gasteiger partial charge on any atom is 0.292 e. The van der Waals surface area contributed by atoms with E-state index in [-0.39, 0.29) is 11.7 Å². The molecule has 5 heteroatoms. The van der Waals surface area contributed by atoms with Gasteiger partial charge in [-0.05, 0) is 40.2 Å². The van der Waals surface area contributed by atoms with E-state index in [2.05, 4.69) is 26.2 Å². The fraction of sp³-hybridized carbons (Fsp3) is 0. The van der Waals surface area contributed by atoms with E-state index >= 15 is 0 Å². The van der Waals surface area contributed by atoms with E-state index < -0.39 is 0 Å². The van der Waals surface area contributed by atoms with Crippen LogP contribution in [0.5, 0.6) is 0 Å². The van der Waals surface area contributed by atoms with Crippen LogP contribution in [0.3, 0.4) is 0 Å². The highest BCUT2D eigenvalue weighted by atomic mass is 79.9. The molecular weight excluding hydrogens is 308 g/mol. The molecule has 0 atom stereocenters. The zero-order chi connectivity index (χ0) is 13.2. The topological polar surface area (TPSA) is 55.1 Å². The van der Waals surface area contributed by atoms with Gasteiger partial charge < -0.3 is 9.73 Å². The summed E-state index contributed by atoms with van der Waals surface area (Å²) >= 11 is 3.29. The van der Waals surface area contributed by atoms with Crippen molar-refractivity contribution >= 4 is 38.6 Å². The summed E-state index contributed by atoms with van der Waals surface area (Å²) in [5.74, 6) is 0.436. The summed E-state index contributed by atoms with van der Waals surface area (Å²) in [6.45, 7) is 0. The Hall–Kier alpha value is -2.14. The van der Waals surface area contributed by atoms with Crippen molar-refractivity contribution in [2.24, 2.45) is 0 Å². The Morgan fingerprint density at radius 1 is 1.21 bits per heavy atom. The standard InChI is InChI=1S/C14H9BrN2O2/c15-10-5-6-13(16-8-10)17-14(18)12-7-9-3-1-2-4-11(9)19-12/h1-8H,(H,16,17,18). The zero-order valence-corrected chi connectivity index (χ0v) is 11.3.